The van der Waals surface area contributed by atoms with Crippen LogP contribution in [0, 0.1) is 5.92 Å². The lowest BCUT2D eigenvalue weighted by atomic mass is 10.0. The third-order valence-electron chi connectivity index (χ3n) is 2.96. The molecule has 2 rings (SSSR count). The van der Waals surface area contributed by atoms with Crippen LogP contribution in [-0.2, 0) is 4.79 Å². The molecule has 1 unspecified atom stereocenters. The fraction of sp³-hybridized carbons (Fsp3) is 0.286. The minimum Gasteiger partial charge on any atom is -0.393 e. The fourth-order valence-electron chi connectivity index (χ4n) is 1.97. The SMILES string of the molecule is CCCC(C(=O)Nc1ccc2sccc2c1)C(N)=S. The topological polar surface area (TPSA) is 55.1 Å². The predicted molar refractivity (Wildman–Crippen MR) is 85.6 cm³/mol. The maximum Gasteiger partial charge on any atom is 0.234 e. The number of benzene rings is 1. The molecule has 0 aliphatic rings. The number of thiophene rings is 1. The smallest absolute Gasteiger partial charge is 0.234 e. The molecule has 1 atom stereocenters. The van der Waals surface area contributed by atoms with Crippen LogP contribution in [0.2, 0.25) is 0 Å². The van der Waals surface area contributed by atoms with Crippen molar-refractivity contribution in [2.45, 2.75) is 19.8 Å². The first-order valence-corrected chi connectivity index (χ1v) is 7.48. The van der Waals surface area contributed by atoms with Crippen LogP contribution >= 0.6 is 23.6 Å². The van der Waals surface area contributed by atoms with Crippen LogP contribution in [0.1, 0.15) is 19.8 Å². The van der Waals surface area contributed by atoms with Crippen LogP contribution in [-0.4, -0.2) is 10.9 Å². The zero-order valence-corrected chi connectivity index (χ0v) is 12.3. The normalized spacial score (nSPS) is 12.3. The summed E-state index contributed by atoms with van der Waals surface area (Å²) in [4.78, 5) is 12.4. The molecule has 1 aromatic heterocycles. The van der Waals surface area contributed by atoms with Crippen LogP contribution in [0.15, 0.2) is 29.6 Å². The fourth-order valence-corrected chi connectivity index (χ4v) is 2.96. The Morgan fingerprint density at radius 3 is 2.95 bits per heavy atom. The van der Waals surface area contributed by atoms with E-state index in [0.717, 1.165) is 17.5 Å². The molecule has 19 heavy (non-hydrogen) atoms. The summed E-state index contributed by atoms with van der Waals surface area (Å²) in [7, 11) is 0. The maximum atomic E-state index is 12.1. The number of nitrogens with two attached hydrogens (primary N) is 1. The highest BCUT2D eigenvalue weighted by Crippen LogP contribution is 2.24. The number of hydrogen-bond donors (Lipinski definition) is 2. The summed E-state index contributed by atoms with van der Waals surface area (Å²) < 4.78 is 1.21. The molecular formula is C14H16N2OS2. The summed E-state index contributed by atoms with van der Waals surface area (Å²) in [5.74, 6) is -0.512. The molecule has 3 nitrogen and oxygen atoms in total. The van der Waals surface area contributed by atoms with Crippen LogP contribution in [0.4, 0.5) is 5.69 Å². The summed E-state index contributed by atoms with van der Waals surface area (Å²) in [5, 5.41) is 6.05. The average Bonchev–Trinajstić information content (AvgIpc) is 2.82. The molecule has 2 aromatic rings. The van der Waals surface area contributed by atoms with E-state index in [9.17, 15) is 4.79 Å². The Morgan fingerprint density at radius 2 is 2.26 bits per heavy atom. The van der Waals surface area contributed by atoms with E-state index in [-0.39, 0.29) is 10.9 Å². The number of carbonyl (C=O) groups excluding carboxylic acids is 1. The van der Waals surface area contributed by atoms with E-state index in [1.165, 1.54) is 4.70 Å². The molecule has 3 N–H and O–H groups in total. The van der Waals surface area contributed by atoms with Gasteiger partial charge in [0.25, 0.3) is 0 Å². The third kappa shape index (κ3) is 3.30. The largest absolute Gasteiger partial charge is 0.393 e. The minimum absolute atomic E-state index is 0.121. The van der Waals surface area contributed by atoms with Gasteiger partial charge in [0, 0.05) is 10.4 Å². The highest BCUT2D eigenvalue weighted by atomic mass is 32.1. The van der Waals surface area contributed by atoms with E-state index in [1.54, 1.807) is 11.3 Å². The minimum atomic E-state index is -0.391. The lowest BCUT2D eigenvalue weighted by molar-refractivity contribution is -0.118. The number of thiocarbonyl (C=S) groups is 1. The number of rotatable bonds is 5. The molecule has 0 aliphatic heterocycles. The van der Waals surface area contributed by atoms with Crippen molar-refractivity contribution in [2.75, 3.05) is 5.32 Å². The molecular weight excluding hydrogens is 276 g/mol. The van der Waals surface area contributed by atoms with Crippen molar-refractivity contribution in [1.82, 2.24) is 0 Å². The Bertz CT molecular complexity index is 606. The number of nitrogens with one attached hydrogen (secondary N) is 1. The van der Waals surface area contributed by atoms with Gasteiger partial charge in [-0.05, 0) is 41.5 Å². The first-order chi connectivity index (χ1) is 9.11. The van der Waals surface area contributed by atoms with Crippen molar-refractivity contribution in [2.24, 2.45) is 11.7 Å². The molecule has 0 saturated heterocycles. The van der Waals surface area contributed by atoms with Gasteiger partial charge in [-0.15, -0.1) is 11.3 Å². The van der Waals surface area contributed by atoms with E-state index in [4.69, 9.17) is 18.0 Å². The number of amides is 1. The lowest BCUT2D eigenvalue weighted by Crippen LogP contribution is -2.33. The highest BCUT2D eigenvalue weighted by molar-refractivity contribution is 7.80. The van der Waals surface area contributed by atoms with Crippen LogP contribution < -0.4 is 11.1 Å². The second kappa shape index (κ2) is 6.12. The summed E-state index contributed by atoms with van der Waals surface area (Å²) in [5.41, 5.74) is 6.41. The quantitative estimate of drug-likeness (QED) is 0.829. The Hall–Kier alpha value is -1.46. The molecule has 0 radical (unpaired) electrons. The van der Waals surface area contributed by atoms with Gasteiger partial charge < -0.3 is 11.1 Å². The Balaban J connectivity index is 2.14. The van der Waals surface area contributed by atoms with E-state index in [0.29, 0.717) is 6.42 Å². The average molecular weight is 292 g/mol. The van der Waals surface area contributed by atoms with Gasteiger partial charge in [0.05, 0.1) is 10.9 Å². The third-order valence-corrected chi connectivity index (χ3v) is 4.14. The van der Waals surface area contributed by atoms with Gasteiger partial charge in [-0.1, -0.05) is 25.6 Å². The monoisotopic (exact) mass is 292 g/mol. The van der Waals surface area contributed by atoms with Gasteiger partial charge >= 0.3 is 0 Å². The first kappa shape index (κ1) is 14.0. The molecule has 1 heterocycles. The van der Waals surface area contributed by atoms with Crippen LogP contribution in [0.25, 0.3) is 10.1 Å². The van der Waals surface area contributed by atoms with Gasteiger partial charge in [-0.2, -0.15) is 0 Å². The van der Waals surface area contributed by atoms with E-state index < -0.39 is 5.92 Å². The molecule has 100 valence electrons. The van der Waals surface area contributed by atoms with Crippen molar-refractivity contribution in [1.29, 1.82) is 0 Å². The Labute approximate surface area is 121 Å². The van der Waals surface area contributed by atoms with Gasteiger partial charge in [0.1, 0.15) is 0 Å². The van der Waals surface area contributed by atoms with E-state index >= 15 is 0 Å². The standard InChI is InChI=1S/C14H16N2OS2/c1-2-3-11(13(15)18)14(17)16-10-4-5-12-9(8-10)6-7-19-12/h4-8,11H,2-3H2,1H3,(H2,15,18)(H,16,17). The van der Waals surface area contributed by atoms with Crippen molar-refractivity contribution >= 4 is 50.2 Å². The van der Waals surface area contributed by atoms with E-state index in [2.05, 4.69) is 5.32 Å². The van der Waals surface area contributed by atoms with Crippen LogP contribution in [0.5, 0.6) is 0 Å². The first-order valence-electron chi connectivity index (χ1n) is 6.19. The molecule has 0 spiro atoms. The van der Waals surface area contributed by atoms with Crippen molar-refractivity contribution < 1.29 is 4.79 Å². The predicted octanol–water partition coefficient (Wildman–Crippen LogP) is 3.54. The maximum absolute atomic E-state index is 12.1. The number of hydrogen-bond acceptors (Lipinski definition) is 3. The van der Waals surface area contributed by atoms with Crippen molar-refractivity contribution in [3.63, 3.8) is 0 Å². The van der Waals surface area contributed by atoms with E-state index in [1.807, 2.05) is 36.6 Å². The van der Waals surface area contributed by atoms with Crippen molar-refractivity contribution in [3.05, 3.63) is 29.6 Å². The molecule has 0 aliphatic carbocycles. The van der Waals surface area contributed by atoms with Gasteiger partial charge in [0.15, 0.2) is 0 Å². The van der Waals surface area contributed by atoms with Crippen molar-refractivity contribution in [3.8, 4) is 0 Å². The Kier molecular flexibility index (Phi) is 4.50. The highest BCUT2D eigenvalue weighted by Gasteiger charge is 2.20. The lowest BCUT2D eigenvalue weighted by Gasteiger charge is -2.14. The summed E-state index contributed by atoms with van der Waals surface area (Å²) in [6.07, 6.45) is 1.56. The molecule has 1 amide bonds. The molecule has 0 saturated carbocycles. The van der Waals surface area contributed by atoms with Gasteiger partial charge in [-0.25, -0.2) is 0 Å². The number of anilines is 1. The molecule has 0 bridgehead atoms. The zero-order valence-electron chi connectivity index (χ0n) is 10.7. The van der Waals surface area contributed by atoms with Gasteiger partial charge in [-0.3, -0.25) is 4.79 Å². The summed E-state index contributed by atoms with van der Waals surface area (Å²) in [6.45, 7) is 2.01. The molecule has 0 fully saturated rings. The zero-order chi connectivity index (χ0) is 13.8. The second-order valence-electron chi connectivity index (χ2n) is 4.41. The van der Waals surface area contributed by atoms with Crippen LogP contribution in [0.3, 0.4) is 0 Å². The Morgan fingerprint density at radius 1 is 1.47 bits per heavy atom. The number of carbonyl (C=O) groups is 1. The molecule has 1 aromatic carbocycles. The summed E-state index contributed by atoms with van der Waals surface area (Å²) >= 11 is 6.64. The van der Waals surface area contributed by atoms with Gasteiger partial charge in [0.2, 0.25) is 5.91 Å². The number of fused-ring (bicyclic) bond motifs is 1. The second-order valence-corrected chi connectivity index (χ2v) is 5.83. The summed E-state index contributed by atoms with van der Waals surface area (Å²) in [6, 6.07) is 7.91. The molecule has 5 heteroatoms.